The summed E-state index contributed by atoms with van der Waals surface area (Å²) >= 11 is 12.3. The van der Waals surface area contributed by atoms with Crippen LogP contribution in [0.15, 0.2) is 35.2 Å². The smallest absolute Gasteiger partial charge is 0.348 e. The van der Waals surface area contributed by atoms with Crippen molar-refractivity contribution in [3.63, 3.8) is 0 Å². The van der Waals surface area contributed by atoms with E-state index in [0.717, 1.165) is 12.1 Å². The lowest BCUT2D eigenvalue weighted by atomic mass is 9.91. The number of hydrogen-bond acceptors (Lipinski definition) is 6. The van der Waals surface area contributed by atoms with Gasteiger partial charge in [-0.25, -0.2) is 8.42 Å². The molecule has 0 unspecified atom stereocenters. The number of likely N-dealkylation sites (tertiary alicyclic amines) is 1. The fraction of sp³-hybridized carbons (Fsp3) is 0.481. The summed E-state index contributed by atoms with van der Waals surface area (Å²) in [4.78, 5) is 27.1. The number of nitrogens with zero attached hydrogens (tertiary/aromatic N) is 1. The largest absolute Gasteiger partial charge is 0.416 e. The van der Waals surface area contributed by atoms with E-state index in [2.05, 4.69) is 5.32 Å². The number of carbonyl (C=O) groups excluding carboxylic acids is 2. The van der Waals surface area contributed by atoms with Gasteiger partial charge in [0.05, 0.1) is 16.2 Å². The van der Waals surface area contributed by atoms with Crippen molar-refractivity contribution in [2.24, 2.45) is 11.7 Å². The number of nitrogens with two attached hydrogens (primary N) is 1. The van der Waals surface area contributed by atoms with E-state index >= 15 is 0 Å². The predicted octanol–water partition coefficient (Wildman–Crippen LogP) is 5.26. The van der Waals surface area contributed by atoms with Crippen molar-refractivity contribution >= 4 is 44.7 Å². The van der Waals surface area contributed by atoms with Gasteiger partial charge in [0.1, 0.15) is 5.78 Å². The van der Waals surface area contributed by atoms with Crippen LogP contribution in [0.3, 0.4) is 0 Å². The number of Topliss-reactive ketones (excluding diaryl/α,β-unsaturated/α-hetero) is 1. The van der Waals surface area contributed by atoms with Gasteiger partial charge in [-0.2, -0.15) is 13.2 Å². The fourth-order valence-corrected chi connectivity index (χ4v) is 6.36. The molecule has 40 heavy (non-hydrogen) atoms. The zero-order valence-electron chi connectivity index (χ0n) is 22.0. The molecule has 3 N–H and O–H groups in total. The minimum absolute atomic E-state index is 0.0228. The molecule has 1 aliphatic heterocycles. The molecule has 1 fully saturated rings. The number of sulfone groups is 1. The number of halogens is 5. The van der Waals surface area contributed by atoms with E-state index in [0.29, 0.717) is 45.3 Å². The zero-order chi connectivity index (χ0) is 29.7. The van der Waals surface area contributed by atoms with Gasteiger partial charge < -0.3 is 11.1 Å². The van der Waals surface area contributed by atoms with Gasteiger partial charge in [0.2, 0.25) is 0 Å². The van der Waals surface area contributed by atoms with Gasteiger partial charge in [0, 0.05) is 47.6 Å². The van der Waals surface area contributed by atoms with Crippen molar-refractivity contribution in [3.8, 4) is 0 Å². The van der Waals surface area contributed by atoms with Gasteiger partial charge in [-0.15, -0.1) is 0 Å². The van der Waals surface area contributed by atoms with Crippen LogP contribution in [0, 0.1) is 5.92 Å². The molecule has 3 rings (SSSR count). The van der Waals surface area contributed by atoms with Crippen LogP contribution in [0.5, 0.6) is 0 Å². The maximum atomic E-state index is 14.1. The SMILES string of the molecule is CCS(=O)(=O)c1ccc(Cl)cc1CNC(=O)c1cc(Cl)c(CN2CCC[C@H](C(=O)CCCN)C2)c(C(F)(F)F)c1. The minimum Gasteiger partial charge on any atom is -0.348 e. The topological polar surface area (TPSA) is 110 Å². The molecule has 0 spiro atoms. The minimum atomic E-state index is -4.79. The molecular formula is C27H32Cl2F3N3O4S. The number of carbonyl (C=O) groups is 2. The van der Waals surface area contributed by atoms with Crippen LogP contribution in [0.2, 0.25) is 10.0 Å². The van der Waals surface area contributed by atoms with Crippen molar-refractivity contribution in [2.45, 2.75) is 56.8 Å². The van der Waals surface area contributed by atoms with Crippen LogP contribution < -0.4 is 11.1 Å². The molecule has 0 radical (unpaired) electrons. The Morgan fingerprint density at radius 2 is 1.90 bits per heavy atom. The van der Waals surface area contributed by atoms with Gasteiger partial charge in [0.25, 0.3) is 5.91 Å². The number of alkyl halides is 3. The lowest BCUT2D eigenvalue weighted by molar-refractivity contribution is -0.138. The number of hydrogen-bond donors (Lipinski definition) is 2. The van der Waals surface area contributed by atoms with Crippen LogP contribution in [-0.4, -0.2) is 50.4 Å². The van der Waals surface area contributed by atoms with E-state index in [1.807, 2.05) is 0 Å². The summed E-state index contributed by atoms with van der Waals surface area (Å²) in [6, 6.07) is 6.02. The maximum Gasteiger partial charge on any atom is 0.416 e. The first-order chi connectivity index (χ1) is 18.8. The van der Waals surface area contributed by atoms with Crippen LogP contribution in [-0.2, 0) is 33.9 Å². The van der Waals surface area contributed by atoms with Gasteiger partial charge in [-0.3, -0.25) is 14.5 Å². The summed E-state index contributed by atoms with van der Waals surface area (Å²) < 4.78 is 67.3. The first-order valence-corrected chi connectivity index (χ1v) is 15.3. The number of benzene rings is 2. The van der Waals surface area contributed by atoms with Crippen LogP contribution in [0.4, 0.5) is 13.2 Å². The summed E-state index contributed by atoms with van der Waals surface area (Å²) in [5.74, 6) is -1.26. The lowest BCUT2D eigenvalue weighted by Crippen LogP contribution is -2.38. The van der Waals surface area contributed by atoms with E-state index in [4.69, 9.17) is 28.9 Å². The molecule has 1 saturated heterocycles. The second kappa shape index (κ2) is 13.7. The Morgan fingerprint density at radius 1 is 1.18 bits per heavy atom. The quantitative estimate of drug-likeness (QED) is 0.354. The molecule has 0 bridgehead atoms. The third-order valence-corrected chi connectivity index (χ3v) is 9.31. The highest BCUT2D eigenvalue weighted by molar-refractivity contribution is 7.91. The molecule has 2 aromatic rings. The molecule has 1 heterocycles. The van der Waals surface area contributed by atoms with E-state index in [9.17, 15) is 31.2 Å². The molecule has 1 atom stereocenters. The second-order valence-corrected chi connectivity index (χ2v) is 12.8. The van der Waals surface area contributed by atoms with Crippen molar-refractivity contribution in [1.82, 2.24) is 10.2 Å². The Kier molecular flexibility index (Phi) is 11.0. The second-order valence-electron chi connectivity index (χ2n) is 9.75. The van der Waals surface area contributed by atoms with Gasteiger partial charge in [-0.05, 0) is 73.8 Å². The molecule has 2 aromatic carbocycles. The summed E-state index contributed by atoms with van der Waals surface area (Å²) in [7, 11) is -3.64. The van der Waals surface area contributed by atoms with Crippen LogP contribution >= 0.6 is 23.2 Å². The number of amides is 1. The predicted molar refractivity (Wildman–Crippen MR) is 148 cm³/mol. The van der Waals surface area contributed by atoms with E-state index < -0.39 is 27.5 Å². The van der Waals surface area contributed by atoms with Crippen LogP contribution in [0.1, 0.15) is 59.7 Å². The molecule has 220 valence electrons. The van der Waals surface area contributed by atoms with Crippen molar-refractivity contribution < 1.29 is 31.2 Å². The monoisotopic (exact) mass is 621 g/mol. The lowest BCUT2D eigenvalue weighted by Gasteiger charge is -2.33. The Hall–Kier alpha value is -2.18. The molecule has 1 amide bonds. The number of piperidine rings is 1. The average Bonchev–Trinajstić information content (AvgIpc) is 2.90. The average molecular weight is 623 g/mol. The number of nitrogens with one attached hydrogen (secondary N) is 1. The van der Waals surface area contributed by atoms with Gasteiger partial charge >= 0.3 is 6.18 Å². The summed E-state index contributed by atoms with van der Waals surface area (Å²) in [5, 5.41) is 2.49. The van der Waals surface area contributed by atoms with Crippen molar-refractivity contribution in [1.29, 1.82) is 0 Å². The Labute approximate surface area is 242 Å². The van der Waals surface area contributed by atoms with Gasteiger partial charge in [0.15, 0.2) is 9.84 Å². The third-order valence-electron chi connectivity index (χ3n) is 6.91. The molecule has 7 nitrogen and oxygen atoms in total. The molecule has 0 aromatic heterocycles. The Bertz CT molecular complexity index is 1350. The van der Waals surface area contributed by atoms with Crippen molar-refractivity contribution in [2.75, 3.05) is 25.4 Å². The molecule has 0 aliphatic carbocycles. The van der Waals surface area contributed by atoms with E-state index in [1.54, 1.807) is 4.90 Å². The first-order valence-electron chi connectivity index (χ1n) is 12.9. The fourth-order valence-electron chi connectivity index (χ4n) is 4.77. The maximum absolute atomic E-state index is 14.1. The van der Waals surface area contributed by atoms with Crippen LogP contribution in [0.25, 0.3) is 0 Å². The number of rotatable bonds is 11. The Balaban J connectivity index is 1.83. The molecule has 1 aliphatic rings. The Morgan fingerprint density at radius 3 is 2.55 bits per heavy atom. The molecule has 13 heteroatoms. The third kappa shape index (κ3) is 8.19. The number of ketones is 1. The highest BCUT2D eigenvalue weighted by Crippen LogP contribution is 2.37. The van der Waals surface area contributed by atoms with E-state index in [-0.39, 0.29) is 62.2 Å². The summed E-state index contributed by atoms with van der Waals surface area (Å²) in [6.07, 6.45) is -2.55. The highest BCUT2D eigenvalue weighted by Gasteiger charge is 2.36. The standard InChI is InChI=1S/C27H32Cl2F3N3O4S/c1-2-40(38,39)25-8-7-20(28)11-19(25)14-34-26(37)18-12-22(27(30,31)32)21(23(29)13-18)16-35-10-4-5-17(15-35)24(36)6-3-9-33/h7-8,11-13,17H,2-6,9-10,14-16,33H2,1H3,(H,34,37)/t17-/m0/s1. The van der Waals surface area contributed by atoms with Crippen molar-refractivity contribution in [3.05, 3.63) is 62.6 Å². The van der Waals surface area contributed by atoms with E-state index in [1.165, 1.54) is 25.1 Å². The molecule has 0 saturated carbocycles. The zero-order valence-corrected chi connectivity index (χ0v) is 24.3. The molecular weight excluding hydrogens is 590 g/mol. The normalized spacial score (nSPS) is 16.6. The summed E-state index contributed by atoms with van der Waals surface area (Å²) in [6.45, 7) is 2.29. The van der Waals surface area contributed by atoms with Gasteiger partial charge in [-0.1, -0.05) is 30.1 Å². The first kappa shape index (κ1) is 32.3. The highest BCUT2D eigenvalue weighted by atomic mass is 35.5. The summed E-state index contributed by atoms with van der Waals surface area (Å²) in [5.41, 5.74) is 4.16.